The van der Waals surface area contributed by atoms with Crippen LogP contribution in [0.3, 0.4) is 0 Å². The van der Waals surface area contributed by atoms with E-state index in [4.69, 9.17) is 5.11 Å². The van der Waals surface area contributed by atoms with Gasteiger partial charge in [-0.3, -0.25) is 0 Å². The molecule has 0 unspecified atom stereocenters. The number of aromatic carboxylic acids is 1. The average Bonchev–Trinajstić information content (AvgIpc) is 2.74. The van der Waals surface area contributed by atoms with Crippen molar-refractivity contribution in [2.75, 3.05) is 11.9 Å². The Bertz CT molecular complexity index is 612. The first-order chi connectivity index (χ1) is 8.97. The molecule has 0 amide bonds. The van der Waals surface area contributed by atoms with Crippen molar-refractivity contribution in [2.45, 2.75) is 20.4 Å². The molecule has 2 heterocycles. The van der Waals surface area contributed by atoms with Gasteiger partial charge in [0.25, 0.3) is 0 Å². The van der Waals surface area contributed by atoms with E-state index in [2.05, 4.69) is 15.0 Å². The smallest absolute Gasteiger partial charge is 0.339 e. The SMILES string of the molecule is Cc1nc(CN(C)c2ncc(C(=O)O)c(C)n2)cs1. The predicted octanol–water partition coefficient (Wildman–Crippen LogP) is 1.88. The molecular formula is C12H14N4O2S. The van der Waals surface area contributed by atoms with Gasteiger partial charge in [-0.25, -0.2) is 19.7 Å². The zero-order valence-electron chi connectivity index (χ0n) is 10.9. The lowest BCUT2D eigenvalue weighted by Gasteiger charge is -2.16. The van der Waals surface area contributed by atoms with Gasteiger partial charge < -0.3 is 10.0 Å². The zero-order chi connectivity index (χ0) is 14.0. The second-order valence-electron chi connectivity index (χ2n) is 4.19. The lowest BCUT2D eigenvalue weighted by molar-refractivity contribution is 0.0695. The Hall–Kier alpha value is -2.02. The molecule has 1 N–H and O–H groups in total. The van der Waals surface area contributed by atoms with Crippen LogP contribution in [0.1, 0.15) is 26.8 Å². The molecule has 2 aromatic heterocycles. The molecule has 6 nitrogen and oxygen atoms in total. The van der Waals surface area contributed by atoms with E-state index in [1.807, 2.05) is 24.3 Å². The van der Waals surface area contributed by atoms with Crippen LogP contribution in [-0.4, -0.2) is 33.1 Å². The summed E-state index contributed by atoms with van der Waals surface area (Å²) in [6.07, 6.45) is 1.34. The number of anilines is 1. The molecule has 2 aromatic rings. The molecule has 0 aliphatic carbocycles. The van der Waals surface area contributed by atoms with E-state index < -0.39 is 5.97 Å². The summed E-state index contributed by atoms with van der Waals surface area (Å²) in [7, 11) is 1.85. The van der Waals surface area contributed by atoms with E-state index in [0.717, 1.165) is 10.7 Å². The maximum absolute atomic E-state index is 10.9. The van der Waals surface area contributed by atoms with E-state index in [-0.39, 0.29) is 5.56 Å². The van der Waals surface area contributed by atoms with Crippen LogP contribution in [0.4, 0.5) is 5.95 Å². The Morgan fingerprint density at radius 1 is 1.42 bits per heavy atom. The van der Waals surface area contributed by atoms with Crippen LogP contribution in [0, 0.1) is 13.8 Å². The highest BCUT2D eigenvalue weighted by Crippen LogP contribution is 2.14. The Kier molecular flexibility index (Phi) is 3.75. The van der Waals surface area contributed by atoms with Crippen LogP contribution in [0.5, 0.6) is 0 Å². The summed E-state index contributed by atoms with van der Waals surface area (Å²) >= 11 is 1.59. The normalized spacial score (nSPS) is 10.5. The minimum Gasteiger partial charge on any atom is -0.478 e. The first kappa shape index (κ1) is 13.4. The fraction of sp³-hybridized carbons (Fsp3) is 0.333. The third-order valence-electron chi connectivity index (χ3n) is 2.60. The second-order valence-corrected chi connectivity index (χ2v) is 5.25. The topological polar surface area (TPSA) is 79.2 Å². The summed E-state index contributed by atoms with van der Waals surface area (Å²) < 4.78 is 0. The number of hydrogen-bond acceptors (Lipinski definition) is 6. The predicted molar refractivity (Wildman–Crippen MR) is 72.7 cm³/mol. The minimum atomic E-state index is -1.01. The van der Waals surface area contributed by atoms with Gasteiger partial charge in [-0.05, 0) is 13.8 Å². The monoisotopic (exact) mass is 278 g/mol. The molecule has 0 aromatic carbocycles. The van der Waals surface area contributed by atoms with Gasteiger partial charge in [0, 0.05) is 18.6 Å². The van der Waals surface area contributed by atoms with Gasteiger partial charge in [0.2, 0.25) is 5.95 Å². The summed E-state index contributed by atoms with van der Waals surface area (Å²) in [5, 5.41) is 11.9. The largest absolute Gasteiger partial charge is 0.478 e. The van der Waals surface area contributed by atoms with Crippen molar-refractivity contribution in [3.05, 3.63) is 33.5 Å². The number of carboxylic acids is 1. The summed E-state index contributed by atoms with van der Waals surface area (Å²) in [6, 6.07) is 0. The number of carboxylic acid groups (broad SMARTS) is 1. The molecule has 0 saturated carbocycles. The summed E-state index contributed by atoms with van der Waals surface area (Å²) in [5.74, 6) is -0.519. The van der Waals surface area contributed by atoms with E-state index in [1.54, 1.807) is 18.3 Å². The maximum Gasteiger partial charge on any atom is 0.339 e. The Morgan fingerprint density at radius 2 is 2.16 bits per heavy atom. The number of thiazole rings is 1. The number of rotatable bonds is 4. The van der Waals surface area contributed by atoms with Crippen LogP contribution in [-0.2, 0) is 6.54 Å². The van der Waals surface area contributed by atoms with Crippen molar-refractivity contribution in [1.29, 1.82) is 0 Å². The second kappa shape index (κ2) is 5.31. The van der Waals surface area contributed by atoms with Crippen molar-refractivity contribution in [2.24, 2.45) is 0 Å². The highest BCUT2D eigenvalue weighted by Gasteiger charge is 2.13. The molecule has 0 spiro atoms. The average molecular weight is 278 g/mol. The molecule has 2 rings (SSSR count). The molecule has 0 aliphatic rings. The molecule has 0 aliphatic heterocycles. The minimum absolute atomic E-state index is 0.127. The summed E-state index contributed by atoms with van der Waals surface area (Å²) in [5.41, 5.74) is 1.54. The van der Waals surface area contributed by atoms with Gasteiger partial charge in [0.05, 0.1) is 28.5 Å². The summed E-state index contributed by atoms with van der Waals surface area (Å²) in [4.78, 5) is 25.4. The van der Waals surface area contributed by atoms with E-state index in [1.165, 1.54) is 6.20 Å². The summed E-state index contributed by atoms with van der Waals surface area (Å²) in [6.45, 7) is 4.21. The number of hydrogen-bond donors (Lipinski definition) is 1. The Balaban J connectivity index is 2.17. The Labute approximate surface area is 114 Å². The fourth-order valence-corrected chi connectivity index (χ4v) is 2.25. The maximum atomic E-state index is 10.9. The van der Waals surface area contributed by atoms with Crippen molar-refractivity contribution >= 4 is 23.3 Å². The standard InChI is InChI=1S/C12H14N4O2S/c1-7-10(11(17)18)4-13-12(14-7)16(3)5-9-6-19-8(2)15-9/h4,6H,5H2,1-3H3,(H,17,18). The van der Waals surface area contributed by atoms with Crippen LogP contribution in [0.2, 0.25) is 0 Å². The fourth-order valence-electron chi connectivity index (χ4n) is 1.64. The van der Waals surface area contributed by atoms with Crippen LogP contribution in [0.15, 0.2) is 11.6 Å². The van der Waals surface area contributed by atoms with E-state index in [0.29, 0.717) is 18.2 Å². The quantitative estimate of drug-likeness (QED) is 0.920. The number of aryl methyl sites for hydroxylation is 2. The molecule has 0 fully saturated rings. The number of aromatic nitrogens is 3. The van der Waals surface area contributed by atoms with Crippen molar-refractivity contribution in [3.8, 4) is 0 Å². The molecule has 7 heteroatoms. The van der Waals surface area contributed by atoms with Gasteiger partial charge in [0.15, 0.2) is 0 Å². The van der Waals surface area contributed by atoms with Crippen molar-refractivity contribution in [1.82, 2.24) is 15.0 Å². The van der Waals surface area contributed by atoms with E-state index in [9.17, 15) is 4.79 Å². The molecule has 19 heavy (non-hydrogen) atoms. The zero-order valence-corrected chi connectivity index (χ0v) is 11.7. The lowest BCUT2D eigenvalue weighted by Crippen LogP contribution is -2.20. The lowest BCUT2D eigenvalue weighted by atomic mass is 10.2. The third-order valence-corrected chi connectivity index (χ3v) is 3.43. The molecule has 100 valence electrons. The van der Waals surface area contributed by atoms with Crippen LogP contribution < -0.4 is 4.90 Å². The van der Waals surface area contributed by atoms with E-state index >= 15 is 0 Å². The van der Waals surface area contributed by atoms with Crippen LogP contribution >= 0.6 is 11.3 Å². The number of carbonyl (C=O) groups is 1. The van der Waals surface area contributed by atoms with Crippen molar-refractivity contribution < 1.29 is 9.90 Å². The molecule has 0 radical (unpaired) electrons. The van der Waals surface area contributed by atoms with Gasteiger partial charge >= 0.3 is 5.97 Å². The van der Waals surface area contributed by atoms with Crippen molar-refractivity contribution in [3.63, 3.8) is 0 Å². The number of nitrogens with zero attached hydrogens (tertiary/aromatic N) is 4. The molecule has 0 atom stereocenters. The van der Waals surface area contributed by atoms with Gasteiger partial charge in [-0.1, -0.05) is 0 Å². The first-order valence-corrected chi connectivity index (χ1v) is 6.54. The van der Waals surface area contributed by atoms with Gasteiger partial charge in [0.1, 0.15) is 0 Å². The molecule has 0 saturated heterocycles. The highest BCUT2D eigenvalue weighted by molar-refractivity contribution is 7.09. The third kappa shape index (κ3) is 3.05. The molecule has 0 bridgehead atoms. The van der Waals surface area contributed by atoms with Crippen LogP contribution in [0.25, 0.3) is 0 Å². The van der Waals surface area contributed by atoms with Gasteiger partial charge in [-0.2, -0.15) is 0 Å². The Morgan fingerprint density at radius 3 is 2.68 bits per heavy atom. The first-order valence-electron chi connectivity index (χ1n) is 5.66. The van der Waals surface area contributed by atoms with Gasteiger partial charge in [-0.15, -0.1) is 11.3 Å². The molecular weight excluding hydrogens is 264 g/mol. The highest BCUT2D eigenvalue weighted by atomic mass is 32.1.